The van der Waals surface area contributed by atoms with Crippen LogP contribution in [0.2, 0.25) is 0 Å². The summed E-state index contributed by atoms with van der Waals surface area (Å²) in [5.74, 6) is 0.516. The van der Waals surface area contributed by atoms with E-state index in [2.05, 4.69) is 37.8 Å². The number of ether oxygens (including phenoxy) is 1. The molecule has 2 saturated carbocycles. The fraction of sp³-hybridized carbons (Fsp3) is 0.533. The second-order valence-electron chi connectivity index (χ2n) is 10.2. The van der Waals surface area contributed by atoms with E-state index in [1.165, 1.54) is 44.1 Å². The third-order valence-electron chi connectivity index (χ3n) is 8.01. The van der Waals surface area contributed by atoms with Crippen molar-refractivity contribution in [1.29, 1.82) is 0 Å². The molecule has 178 valence electrons. The molecule has 0 unspecified atom stereocenters. The summed E-state index contributed by atoms with van der Waals surface area (Å²) >= 11 is 0. The predicted molar refractivity (Wildman–Crippen MR) is 132 cm³/mol. The van der Waals surface area contributed by atoms with E-state index in [-0.39, 0.29) is 18.3 Å². The van der Waals surface area contributed by atoms with Crippen LogP contribution in [0.25, 0.3) is 0 Å². The van der Waals surface area contributed by atoms with Crippen molar-refractivity contribution in [2.45, 2.75) is 89.6 Å². The summed E-state index contributed by atoms with van der Waals surface area (Å²) in [7, 11) is 0. The highest BCUT2D eigenvalue weighted by Gasteiger charge is 2.26. The zero-order valence-electron chi connectivity index (χ0n) is 20.0. The second-order valence-corrected chi connectivity index (χ2v) is 10.2. The Morgan fingerprint density at radius 2 is 1.52 bits per heavy atom. The lowest BCUT2D eigenvalue weighted by atomic mass is 9.77. The van der Waals surface area contributed by atoms with Crippen LogP contribution in [-0.4, -0.2) is 0 Å². The van der Waals surface area contributed by atoms with E-state index < -0.39 is 11.6 Å². The van der Waals surface area contributed by atoms with Gasteiger partial charge in [0.2, 0.25) is 5.82 Å². The van der Waals surface area contributed by atoms with Gasteiger partial charge in [0, 0.05) is 0 Å². The van der Waals surface area contributed by atoms with Crippen molar-refractivity contribution < 1.29 is 13.5 Å². The lowest BCUT2D eigenvalue weighted by molar-refractivity contribution is 0.282. The van der Waals surface area contributed by atoms with Gasteiger partial charge < -0.3 is 4.74 Å². The Morgan fingerprint density at radius 3 is 2.15 bits per heavy atom. The minimum absolute atomic E-state index is 0.00523. The summed E-state index contributed by atoms with van der Waals surface area (Å²) in [4.78, 5) is 0. The molecule has 0 radical (unpaired) electrons. The fourth-order valence-corrected chi connectivity index (χ4v) is 5.88. The largest absolute Gasteiger partial charge is 0.486 e. The third kappa shape index (κ3) is 5.86. The molecule has 1 nitrogen and oxygen atoms in total. The van der Waals surface area contributed by atoms with Crippen molar-refractivity contribution in [1.82, 2.24) is 0 Å². The lowest BCUT2D eigenvalue weighted by Crippen LogP contribution is -2.13. The second kappa shape index (κ2) is 11.3. The van der Waals surface area contributed by atoms with Crippen LogP contribution in [0.5, 0.6) is 5.75 Å². The van der Waals surface area contributed by atoms with Crippen LogP contribution in [0.4, 0.5) is 8.78 Å². The molecule has 0 heterocycles. The zero-order valence-corrected chi connectivity index (χ0v) is 20.0. The van der Waals surface area contributed by atoms with Crippen molar-refractivity contribution in [2.24, 2.45) is 11.8 Å². The normalized spacial score (nSPS) is 25.5. The van der Waals surface area contributed by atoms with Crippen LogP contribution in [-0.2, 0) is 6.61 Å². The van der Waals surface area contributed by atoms with Gasteiger partial charge in [-0.05, 0) is 97.8 Å². The Labute approximate surface area is 198 Å². The molecule has 2 fully saturated rings. The smallest absolute Gasteiger partial charge is 0.200 e. The van der Waals surface area contributed by atoms with E-state index in [1.807, 2.05) is 6.08 Å². The van der Waals surface area contributed by atoms with Crippen LogP contribution >= 0.6 is 0 Å². The average molecular weight is 453 g/mol. The molecule has 2 aromatic carbocycles. The molecule has 33 heavy (non-hydrogen) atoms. The van der Waals surface area contributed by atoms with Gasteiger partial charge in [0.05, 0.1) is 0 Å². The monoisotopic (exact) mass is 452 g/mol. The van der Waals surface area contributed by atoms with Gasteiger partial charge in [0.15, 0.2) is 11.6 Å². The Balaban J connectivity index is 1.33. The maximum atomic E-state index is 14.8. The van der Waals surface area contributed by atoms with Crippen molar-refractivity contribution in [2.75, 3.05) is 0 Å². The first-order chi connectivity index (χ1) is 16.1. The number of benzene rings is 2. The molecule has 0 bridgehead atoms. The van der Waals surface area contributed by atoms with Crippen LogP contribution in [0, 0.1) is 23.5 Å². The molecule has 0 aromatic heterocycles. The molecule has 3 heteroatoms. The average Bonchev–Trinajstić information content (AvgIpc) is 2.86. The molecular formula is C30H38F2O. The first-order valence-electron chi connectivity index (χ1n) is 12.9. The minimum Gasteiger partial charge on any atom is -0.486 e. The van der Waals surface area contributed by atoms with Gasteiger partial charge in [0.1, 0.15) is 6.61 Å². The van der Waals surface area contributed by atoms with Crippen LogP contribution in [0.3, 0.4) is 0 Å². The van der Waals surface area contributed by atoms with Crippen LogP contribution in [0.1, 0.15) is 99.7 Å². The van der Waals surface area contributed by atoms with Gasteiger partial charge in [-0.1, -0.05) is 56.2 Å². The van der Waals surface area contributed by atoms with Crippen LogP contribution < -0.4 is 4.74 Å². The summed E-state index contributed by atoms with van der Waals surface area (Å²) in [6.45, 7) is 6.37. The molecule has 0 saturated heterocycles. The van der Waals surface area contributed by atoms with Gasteiger partial charge in [-0.25, -0.2) is 4.39 Å². The molecule has 4 rings (SSSR count). The first kappa shape index (κ1) is 24.0. The van der Waals surface area contributed by atoms with Crippen molar-refractivity contribution in [3.05, 3.63) is 77.4 Å². The molecule has 2 aliphatic rings. The molecular weight excluding hydrogens is 414 g/mol. The number of hydrogen-bond acceptors (Lipinski definition) is 1. The number of halogens is 2. The molecule has 2 aliphatic carbocycles. The standard InChI is InChI=1S/C30H38F2O/c1-3-5-22-8-12-24(13-9-22)25-14-10-23(11-15-25)20-33-28-19-18-27(29(31)30(28)32)26-16-6-21(4-2)7-17-26/h4,10-11,14-15,18-19,21-22,24,26H,2-3,5-9,12-13,16-17,20H2,1H3. The Kier molecular flexibility index (Phi) is 8.22. The summed E-state index contributed by atoms with van der Waals surface area (Å²) in [5, 5.41) is 0. The first-order valence-corrected chi connectivity index (χ1v) is 12.9. The highest BCUT2D eigenvalue weighted by atomic mass is 19.2. The van der Waals surface area contributed by atoms with Gasteiger partial charge in [0.25, 0.3) is 0 Å². The van der Waals surface area contributed by atoms with Gasteiger partial charge in [-0.15, -0.1) is 6.58 Å². The fourth-order valence-electron chi connectivity index (χ4n) is 5.88. The van der Waals surface area contributed by atoms with Crippen molar-refractivity contribution >= 4 is 0 Å². The van der Waals surface area contributed by atoms with E-state index >= 15 is 0 Å². The molecule has 2 aromatic rings. The third-order valence-corrected chi connectivity index (χ3v) is 8.01. The van der Waals surface area contributed by atoms with Crippen molar-refractivity contribution in [3.8, 4) is 5.75 Å². The van der Waals surface area contributed by atoms with Crippen molar-refractivity contribution in [3.63, 3.8) is 0 Å². The summed E-state index contributed by atoms with van der Waals surface area (Å²) in [6, 6.07) is 11.8. The highest BCUT2D eigenvalue weighted by molar-refractivity contribution is 5.34. The van der Waals surface area contributed by atoms with Crippen LogP contribution in [0.15, 0.2) is 49.1 Å². The van der Waals surface area contributed by atoms with Gasteiger partial charge in [-0.3, -0.25) is 0 Å². The number of rotatable bonds is 8. The maximum absolute atomic E-state index is 14.8. The quantitative estimate of drug-likeness (QED) is 0.363. The summed E-state index contributed by atoms with van der Waals surface area (Å²) in [5.41, 5.74) is 2.85. The van der Waals surface area contributed by atoms with E-state index in [0.29, 0.717) is 17.4 Å². The Bertz CT molecular complexity index is 904. The Hall–Kier alpha value is -2.16. The molecule has 0 spiro atoms. The number of allylic oxidation sites excluding steroid dienone is 1. The molecule has 0 N–H and O–H groups in total. The van der Waals surface area contributed by atoms with E-state index in [1.54, 1.807) is 12.1 Å². The summed E-state index contributed by atoms with van der Waals surface area (Å²) < 4.78 is 35.2. The van der Waals surface area contributed by atoms with E-state index in [0.717, 1.165) is 37.2 Å². The minimum atomic E-state index is -0.862. The SMILES string of the molecule is C=CC1CCC(c2ccc(OCc3ccc(C4CCC(CCC)CC4)cc3)c(F)c2F)CC1. The topological polar surface area (TPSA) is 9.23 Å². The maximum Gasteiger partial charge on any atom is 0.200 e. The highest BCUT2D eigenvalue weighted by Crippen LogP contribution is 2.39. The Morgan fingerprint density at radius 1 is 0.848 bits per heavy atom. The zero-order chi connectivity index (χ0) is 23.2. The lowest BCUT2D eigenvalue weighted by Gasteiger charge is -2.28. The van der Waals surface area contributed by atoms with Gasteiger partial charge in [-0.2, -0.15) is 4.39 Å². The van der Waals surface area contributed by atoms with Gasteiger partial charge >= 0.3 is 0 Å². The molecule has 0 atom stereocenters. The molecule has 0 aliphatic heterocycles. The molecule has 0 amide bonds. The predicted octanol–water partition coefficient (Wildman–Crippen LogP) is 9.08. The summed E-state index contributed by atoms with van der Waals surface area (Å²) in [6.07, 6.45) is 13.6. The van der Waals surface area contributed by atoms with E-state index in [9.17, 15) is 8.78 Å². The number of hydrogen-bond donors (Lipinski definition) is 0. The van der Waals surface area contributed by atoms with E-state index in [4.69, 9.17) is 4.74 Å².